The Bertz CT molecular complexity index is 964. The molecular formula is C24H29N3O3. The summed E-state index contributed by atoms with van der Waals surface area (Å²) >= 11 is 0. The molecule has 30 heavy (non-hydrogen) atoms. The van der Waals surface area contributed by atoms with Gasteiger partial charge in [-0.15, -0.1) is 0 Å². The number of rotatable bonds is 4. The molecule has 0 aromatic heterocycles. The number of ether oxygens (including phenoxy) is 1. The van der Waals surface area contributed by atoms with Crippen LogP contribution in [0.5, 0.6) is 5.75 Å². The van der Waals surface area contributed by atoms with Crippen LogP contribution in [0.25, 0.3) is 0 Å². The van der Waals surface area contributed by atoms with Crippen molar-refractivity contribution >= 4 is 23.3 Å². The van der Waals surface area contributed by atoms with Crippen molar-refractivity contribution in [1.29, 1.82) is 0 Å². The van der Waals surface area contributed by atoms with E-state index in [4.69, 9.17) is 4.74 Å². The van der Waals surface area contributed by atoms with Crippen molar-refractivity contribution in [2.24, 2.45) is 5.92 Å². The Hall–Kier alpha value is -3.02. The van der Waals surface area contributed by atoms with Gasteiger partial charge in [-0.25, -0.2) is 4.79 Å². The summed E-state index contributed by atoms with van der Waals surface area (Å²) in [5.74, 6) is 0.780. The standard InChI is InChI=1S/C24H29N3O3/c1-15-5-4-6-21-20(15)14-27(24(29)26-21)19-11-8-17(9-12-19)23(28)25-18-10-7-16(2)22(13-18)30-3/h4-7,10,13,17,19H,8-9,11-12,14H2,1-3H3,(H,25,28)(H,26,29). The molecule has 0 radical (unpaired) electrons. The molecule has 1 aliphatic heterocycles. The number of anilines is 2. The zero-order valence-corrected chi connectivity index (χ0v) is 17.8. The number of nitrogens with zero attached hydrogens (tertiary/aromatic N) is 1. The first-order valence-corrected chi connectivity index (χ1v) is 10.6. The monoisotopic (exact) mass is 407 g/mol. The zero-order valence-electron chi connectivity index (χ0n) is 17.8. The van der Waals surface area contributed by atoms with Gasteiger partial charge in [0.15, 0.2) is 0 Å². The quantitative estimate of drug-likeness (QED) is 0.761. The van der Waals surface area contributed by atoms with Crippen molar-refractivity contribution < 1.29 is 14.3 Å². The molecule has 3 amide bonds. The molecule has 158 valence electrons. The van der Waals surface area contributed by atoms with Crippen LogP contribution in [-0.2, 0) is 11.3 Å². The van der Waals surface area contributed by atoms with Crippen LogP contribution in [0, 0.1) is 19.8 Å². The Balaban J connectivity index is 1.36. The molecule has 2 aromatic rings. The maximum absolute atomic E-state index is 12.8. The summed E-state index contributed by atoms with van der Waals surface area (Å²) in [4.78, 5) is 27.3. The second-order valence-corrected chi connectivity index (χ2v) is 8.34. The zero-order chi connectivity index (χ0) is 21.3. The third-order valence-electron chi connectivity index (χ3n) is 6.43. The lowest BCUT2D eigenvalue weighted by Gasteiger charge is -2.39. The number of carbonyl (C=O) groups excluding carboxylic acids is 2. The highest BCUT2D eigenvalue weighted by atomic mass is 16.5. The summed E-state index contributed by atoms with van der Waals surface area (Å²) in [5, 5.41) is 6.05. The van der Waals surface area contributed by atoms with E-state index in [1.165, 1.54) is 11.1 Å². The van der Waals surface area contributed by atoms with Gasteiger partial charge in [0.25, 0.3) is 0 Å². The maximum atomic E-state index is 12.8. The molecular weight excluding hydrogens is 378 g/mol. The van der Waals surface area contributed by atoms with Crippen molar-refractivity contribution in [3.8, 4) is 5.75 Å². The predicted octanol–water partition coefficient (Wildman–Crippen LogP) is 4.86. The number of nitrogens with one attached hydrogen (secondary N) is 2. The normalized spacial score (nSPS) is 20.9. The Morgan fingerprint density at radius 2 is 1.87 bits per heavy atom. The SMILES string of the molecule is COc1cc(NC(=O)C2CCC(N3Cc4c(C)cccc4NC3=O)CC2)ccc1C. The molecule has 0 bridgehead atoms. The minimum atomic E-state index is -0.0345. The van der Waals surface area contributed by atoms with E-state index in [9.17, 15) is 9.59 Å². The highest BCUT2D eigenvalue weighted by molar-refractivity contribution is 5.94. The number of amides is 3. The smallest absolute Gasteiger partial charge is 0.322 e. The van der Waals surface area contributed by atoms with Gasteiger partial charge in [0.05, 0.1) is 13.7 Å². The number of benzene rings is 2. The highest BCUT2D eigenvalue weighted by Crippen LogP contribution is 2.34. The van der Waals surface area contributed by atoms with Crippen molar-refractivity contribution in [2.45, 2.75) is 52.1 Å². The van der Waals surface area contributed by atoms with Crippen LogP contribution < -0.4 is 15.4 Å². The van der Waals surface area contributed by atoms with Crippen molar-refractivity contribution in [3.63, 3.8) is 0 Å². The molecule has 1 aliphatic carbocycles. The van der Waals surface area contributed by atoms with Gasteiger partial charge in [0, 0.05) is 29.4 Å². The van der Waals surface area contributed by atoms with Crippen LogP contribution in [0.4, 0.5) is 16.2 Å². The number of fused-ring (bicyclic) bond motifs is 1. The van der Waals surface area contributed by atoms with Gasteiger partial charge in [-0.05, 0) is 68.4 Å². The fraction of sp³-hybridized carbons (Fsp3) is 0.417. The van der Waals surface area contributed by atoms with Crippen LogP contribution in [0.1, 0.15) is 42.4 Å². The average Bonchev–Trinajstić information content (AvgIpc) is 2.75. The van der Waals surface area contributed by atoms with Gasteiger partial charge in [0.1, 0.15) is 5.75 Å². The first-order chi connectivity index (χ1) is 14.5. The first-order valence-electron chi connectivity index (χ1n) is 10.6. The van der Waals surface area contributed by atoms with E-state index in [1.54, 1.807) is 7.11 Å². The Morgan fingerprint density at radius 3 is 2.60 bits per heavy atom. The number of hydrogen-bond acceptors (Lipinski definition) is 3. The predicted molar refractivity (Wildman–Crippen MR) is 118 cm³/mol. The summed E-state index contributed by atoms with van der Waals surface area (Å²) in [5.41, 5.74) is 5.09. The summed E-state index contributed by atoms with van der Waals surface area (Å²) in [6.07, 6.45) is 3.24. The van der Waals surface area contributed by atoms with Crippen LogP contribution in [0.2, 0.25) is 0 Å². The van der Waals surface area contributed by atoms with Crippen LogP contribution in [0.3, 0.4) is 0 Å². The number of aryl methyl sites for hydroxylation is 2. The lowest BCUT2D eigenvalue weighted by molar-refractivity contribution is -0.121. The van der Waals surface area contributed by atoms with E-state index in [0.717, 1.165) is 48.4 Å². The van der Waals surface area contributed by atoms with Gasteiger partial charge in [-0.2, -0.15) is 0 Å². The van der Waals surface area contributed by atoms with Gasteiger partial charge >= 0.3 is 6.03 Å². The lowest BCUT2D eigenvalue weighted by atomic mass is 9.84. The minimum absolute atomic E-state index is 0.0320. The molecule has 2 aromatic carbocycles. The van der Waals surface area contributed by atoms with Crippen molar-refractivity contribution in [1.82, 2.24) is 4.90 Å². The molecule has 1 saturated carbocycles. The van der Waals surface area contributed by atoms with Crippen LogP contribution in [-0.4, -0.2) is 30.0 Å². The Kier molecular flexibility index (Phi) is 5.66. The van der Waals surface area contributed by atoms with E-state index in [-0.39, 0.29) is 23.9 Å². The molecule has 2 aliphatic rings. The summed E-state index contributed by atoms with van der Waals surface area (Å²) in [6, 6.07) is 11.8. The lowest BCUT2D eigenvalue weighted by Crippen LogP contribution is -2.47. The van der Waals surface area contributed by atoms with Gasteiger partial charge in [-0.3, -0.25) is 4.79 Å². The molecule has 2 N–H and O–H groups in total. The van der Waals surface area contributed by atoms with Gasteiger partial charge in [0.2, 0.25) is 5.91 Å². The highest BCUT2D eigenvalue weighted by Gasteiger charge is 2.34. The largest absolute Gasteiger partial charge is 0.496 e. The molecule has 0 unspecified atom stereocenters. The number of carbonyl (C=O) groups is 2. The molecule has 0 atom stereocenters. The van der Waals surface area contributed by atoms with E-state index in [1.807, 2.05) is 42.2 Å². The average molecular weight is 408 g/mol. The third-order valence-corrected chi connectivity index (χ3v) is 6.43. The Labute approximate surface area is 177 Å². The fourth-order valence-electron chi connectivity index (χ4n) is 4.55. The number of methoxy groups -OCH3 is 1. The Morgan fingerprint density at radius 1 is 1.10 bits per heavy atom. The summed E-state index contributed by atoms with van der Waals surface area (Å²) in [6.45, 7) is 4.69. The van der Waals surface area contributed by atoms with E-state index < -0.39 is 0 Å². The molecule has 0 saturated heterocycles. The van der Waals surface area contributed by atoms with Gasteiger partial charge in [-0.1, -0.05) is 18.2 Å². The molecule has 0 spiro atoms. The van der Waals surface area contributed by atoms with Crippen molar-refractivity contribution in [2.75, 3.05) is 17.7 Å². The second kappa shape index (κ2) is 8.38. The minimum Gasteiger partial charge on any atom is -0.496 e. The summed E-state index contributed by atoms with van der Waals surface area (Å²) < 4.78 is 5.34. The second-order valence-electron chi connectivity index (χ2n) is 8.34. The molecule has 6 heteroatoms. The number of urea groups is 1. The van der Waals surface area contributed by atoms with Crippen LogP contribution in [0.15, 0.2) is 36.4 Å². The molecule has 6 nitrogen and oxygen atoms in total. The topological polar surface area (TPSA) is 70.7 Å². The molecule has 4 rings (SSSR count). The van der Waals surface area contributed by atoms with Crippen LogP contribution >= 0.6 is 0 Å². The number of hydrogen-bond donors (Lipinski definition) is 2. The van der Waals surface area contributed by atoms with E-state index in [2.05, 4.69) is 23.6 Å². The van der Waals surface area contributed by atoms with E-state index in [0.29, 0.717) is 6.54 Å². The van der Waals surface area contributed by atoms with Gasteiger partial charge < -0.3 is 20.3 Å². The van der Waals surface area contributed by atoms with Crippen molar-refractivity contribution in [3.05, 3.63) is 53.1 Å². The summed E-state index contributed by atoms with van der Waals surface area (Å²) in [7, 11) is 1.63. The van der Waals surface area contributed by atoms with E-state index >= 15 is 0 Å². The molecule has 1 heterocycles. The maximum Gasteiger partial charge on any atom is 0.322 e. The first kappa shape index (κ1) is 20.3. The third kappa shape index (κ3) is 3.99. The molecule has 1 fully saturated rings. The fourth-order valence-corrected chi connectivity index (χ4v) is 4.55.